The van der Waals surface area contributed by atoms with E-state index in [2.05, 4.69) is 9.97 Å². The normalized spacial score (nSPS) is 10.5. The number of benzene rings is 2. The Kier molecular flexibility index (Phi) is 5.17. The second kappa shape index (κ2) is 7.69. The fourth-order valence-corrected chi connectivity index (χ4v) is 2.50. The third-order valence-corrected chi connectivity index (χ3v) is 3.88. The van der Waals surface area contributed by atoms with Gasteiger partial charge in [-0.15, -0.1) is 0 Å². The van der Waals surface area contributed by atoms with Gasteiger partial charge < -0.3 is 20.9 Å². The predicted octanol–water partition coefficient (Wildman–Crippen LogP) is 2.96. The lowest BCUT2D eigenvalue weighted by Crippen LogP contribution is -2.04. The van der Waals surface area contributed by atoms with Crippen molar-refractivity contribution in [1.29, 1.82) is 0 Å². The number of hydrogen-bond donors (Lipinski definition) is 2. The van der Waals surface area contributed by atoms with E-state index in [4.69, 9.17) is 20.9 Å². The lowest BCUT2D eigenvalue weighted by molar-refractivity contribution is 0.279. The van der Waals surface area contributed by atoms with Crippen LogP contribution in [0.1, 0.15) is 16.7 Å². The van der Waals surface area contributed by atoms with Gasteiger partial charge in [-0.25, -0.2) is 9.37 Å². The lowest BCUT2D eigenvalue weighted by atomic mass is 10.1. The fourth-order valence-electron chi connectivity index (χ4n) is 2.50. The average molecular weight is 354 g/mol. The molecule has 0 unspecified atom stereocenters. The molecule has 1 aromatic heterocycles. The van der Waals surface area contributed by atoms with Crippen molar-refractivity contribution >= 4 is 11.8 Å². The Labute approximate surface area is 150 Å². The predicted molar refractivity (Wildman–Crippen MR) is 97.4 cm³/mol. The van der Waals surface area contributed by atoms with E-state index >= 15 is 0 Å². The van der Waals surface area contributed by atoms with Gasteiger partial charge in [-0.3, -0.25) is 0 Å². The van der Waals surface area contributed by atoms with Crippen molar-refractivity contribution in [2.45, 2.75) is 13.0 Å². The molecule has 0 fully saturated rings. The maximum absolute atomic E-state index is 13.7. The molecule has 0 amide bonds. The molecular weight excluding hydrogens is 335 g/mol. The molecule has 0 aliphatic carbocycles. The molecular formula is C19H19FN4O2. The number of nitrogens with two attached hydrogens (primary N) is 2. The van der Waals surface area contributed by atoms with Crippen LogP contribution in [-0.2, 0) is 13.0 Å². The first-order valence-corrected chi connectivity index (χ1v) is 7.97. The monoisotopic (exact) mass is 354 g/mol. The number of anilines is 2. The van der Waals surface area contributed by atoms with Gasteiger partial charge in [-0.05, 0) is 23.8 Å². The minimum Gasteiger partial charge on any atom is -0.493 e. The van der Waals surface area contributed by atoms with Crippen molar-refractivity contribution in [2.24, 2.45) is 0 Å². The van der Waals surface area contributed by atoms with Gasteiger partial charge in [0.2, 0.25) is 5.95 Å². The molecule has 0 saturated heterocycles. The molecule has 134 valence electrons. The highest BCUT2D eigenvalue weighted by Gasteiger charge is 2.10. The zero-order valence-electron chi connectivity index (χ0n) is 14.3. The summed E-state index contributed by atoms with van der Waals surface area (Å²) in [5.74, 6) is 1.26. The third-order valence-electron chi connectivity index (χ3n) is 3.88. The highest BCUT2D eigenvalue weighted by atomic mass is 19.1. The van der Waals surface area contributed by atoms with Crippen LogP contribution in [0.5, 0.6) is 11.5 Å². The quantitative estimate of drug-likeness (QED) is 0.706. The smallest absolute Gasteiger partial charge is 0.221 e. The zero-order chi connectivity index (χ0) is 18.5. The van der Waals surface area contributed by atoms with Gasteiger partial charge in [0.15, 0.2) is 11.5 Å². The van der Waals surface area contributed by atoms with Gasteiger partial charge in [0.1, 0.15) is 18.2 Å². The zero-order valence-corrected chi connectivity index (χ0v) is 14.3. The van der Waals surface area contributed by atoms with Gasteiger partial charge in [0, 0.05) is 23.7 Å². The number of rotatable bonds is 6. The van der Waals surface area contributed by atoms with Crippen LogP contribution in [0.25, 0.3) is 0 Å². The number of aromatic nitrogens is 2. The average Bonchev–Trinajstić information content (AvgIpc) is 2.64. The van der Waals surface area contributed by atoms with Crippen LogP contribution in [0.2, 0.25) is 0 Å². The van der Waals surface area contributed by atoms with E-state index in [1.807, 2.05) is 12.1 Å². The second-order valence-electron chi connectivity index (χ2n) is 5.68. The summed E-state index contributed by atoms with van der Waals surface area (Å²) in [4.78, 5) is 7.92. The summed E-state index contributed by atoms with van der Waals surface area (Å²) < 4.78 is 24.8. The molecule has 0 saturated carbocycles. The van der Waals surface area contributed by atoms with E-state index in [0.29, 0.717) is 29.3 Å². The van der Waals surface area contributed by atoms with E-state index < -0.39 is 0 Å². The topological polar surface area (TPSA) is 96.3 Å². The van der Waals surface area contributed by atoms with E-state index in [9.17, 15) is 4.39 Å². The summed E-state index contributed by atoms with van der Waals surface area (Å²) in [5.41, 5.74) is 13.6. The lowest BCUT2D eigenvalue weighted by Gasteiger charge is -2.13. The van der Waals surface area contributed by atoms with E-state index in [1.165, 1.54) is 6.07 Å². The van der Waals surface area contributed by atoms with E-state index in [1.54, 1.807) is 37.6 Å². The summed E-state index contributed by atoms with van der Waals surface area (Å²) >= 11 is 0. The molecule has 2 aromatic carbocycles. The SMILES string of the molecule is COc1cc(Cc2cnc(N)nc2N)ccc1OCc1ccccc1F. The molecule has 0 aliphatic rings. The first-order valence-electron chi connectivity index (χ1n) is 7.97. The first kappa shape index (κ1) is 17.5. The largest absolute Gasteiger partial charge is 0.493 e. The molecule has 26 heavy (non-hydrogen) atoms. The molecule has 0 atom stereocenters. The summed E-state index contributed by atoms with van der Waals surface area (Å²) in [6.07, 6.45) is 2.13. The van der Waals surface area contributed by atoms with Crippen molar-refractivity contribution in [1.82, 2.24) is 9.97 Å². The minimum absolute atomic E-state index is 0.112. The van der Waals surface area contributed by atoms with E-state index in [0.717, 1.165) is 11.1 Å². The molecule has 0 radical (unpaired) electrons. The van der Waals surface area contributed by atoms with Crippen molar-refractivity contribution in [2.75, 3.05) is 18.6 Å². The third kappa shape index (κ3) is 4.00. The Hall–Kier alpha value is -3.35. The van der Waals surface area contributed by atoms with Crippen LogP contribution in [0.15, 0.2) is 48.7 Å². The van der Waals surface area contributed by atoms with Crippen LogP contribution in [0.4, 0.5) is 16.2 Å². The molecule has 7 heteroatoms. The van der Waals surface area contributed by atoms with Gasteiger partial charge in [0.05, 0.1) is 7.11 Å². The molecule has 6 nitrogen and oxygen atoms in total. The van der Waals surface area contributed by atoms with Crippen LogP contribution in [0.3, 0.4) is 0 Å². The van der Waals surface area contributed by atoms with Gasteiger partial charge >= 0.3 is 0 Å². The number of ether oxygens (including phenoxy) is 2. The maximum Gasteiger partial charge on any atom is 0.221 e. The standard InChI is InChI=1S/C19H19FN4O2/c1-25-17-9-12(8-14-10-23-19(22)24-18(14)21)6-7-16(17)26-11-13-4-2-3-5-15(13)20/h2-7,9-10H,8,11H2,1H3,(H4,21,22,23,24). The number of nitrogens with zero attached hydrogens (tertiary/aromatic N) is 2. The van der Waals surface area contributed by atoms with Crippen LogP contribution < -0.4 is 20.9 Å². The highest BCUT2D eigenvalue weighted by molar-refractivity contribution is 5.48. The number of methoxy groups -OCH3 is 1. The molecule has 3 aromatic rings. The Bertz CT molecular complexity index is 918. The van der Waals surface area contributed by atoms with Gasteiger partial charge in [-0.1, -0.05) is 24.3 Å². The Morgan fingerprint density at radius 3 is 2.58 bits per heavy atom. The van der Waals surface area contributed by atoms with Crippen LogP contribution >= 0.6 is 0 Å². The van der Waals surface area contributed by atoms with Crippen molar-refractivity contribution in [3.63, 3.8) is 0 Å². The molecule has 0 bridgehead atoms. The van der Waals surface area contributed by atoms with Crippen molar-refractivity contribution in [3.05, 3.63) is 71.2 Å². The summed E-state index contributed by atoms with van der Waals surface area (Å²) in [7, 11) is 1.55. The Morgan fingerprint density at radius 2 is 1.85 bits per heavy atom. The number of nitrogen functional groups attached to an aromatic ring is 2. The Balaban J connectivity index is 1.76. The van der Waals surface area contributed by atoms with Crippen LogP contribution in [0, 0.1) is 5.82 Å². The molecule has 3 rings (SSSR count). The summed E-state index contributed by atoms with van der Waals surface area (Å²) in [6.45, 7) is 0.112. The minimum atomic E-state index is -0.304. The second-order valence-corrected chi connectivity index (χ2v) is 5.68. The maximum atomic E-state index is 13.7. The molecule has 0 spiro atoms. The number of hydrogen-bond acceptors (Lipinski definition) is 6. The van der Waals surface area contributed by atoms with Crippen molar-refractivity contribution in [3.8, 4) is 11.5 Å². The van der Waals surface area contributed by atoms with Gasteiger partial charge in [0.25, 0.3) is 0 Å². The summed E-state index contributed by atoms with van der Waals surface area (Å²) in [6, 6.07) is 12.0. The first-order chi connectivity index (χ1) is 12.6. The van der Waals surface area contributed by atoms with Gasteiger partial charge in [-0.2, -0.15) is 4.98 Å². The fraction of sp³-hybridized carbons (Fsp3) is 0.158. The molecule has 4 N–H and O–H groups in total. The summed E-state index contributed by atoms with van der Waals surface area (Å²) in [5, 5.41) is 0. The van der Waals surface area contributed by atoms with Crippen molar-refractivity contribution < 1.29 is 13.9 Å². The highest BCUT2D eigenvalue weighted by Crippen LogP contribution is 2.30. The van der Waals surface area contributed by atoms with Crippen LogP contribution in [-0.4, -0.2) is 17.1 Å². The Morgan fingerprint density at radius 1 is 1.04 bits per heavy atom. The van der Waals surface area contributed by atoms with E-state index in [-0.39, 0.29) is 18.4 Å². The molecule has 1 heterocycles. The molecule has 0 aliphatic heterocycles. The number of halogens is 1.